The van der Waals surface area contributed by atoms with Crippen molar-refractivity contribution in [1.82, 2.24) is 19.7 Å². The molecule has 1 saturated heterocycles. The number of carbonyl (C=O) groups excluding carboxylic acids is 1. The fourth-order valence-corrected chi connectivity index (χ4v) is 3.68. The molecule has 2 aromatic heterocycles. The molecule has 0 radical (unpaired) electrons. The van der Waals surface area contributed by atoms with Crippen LogP contribution in [-0.2, 0) is 7.05 Å². The summed E-state index contributed by atoms with van der Waals surface area (Å²) in [6, 6.07) is 6.06. The first kappa shape index (κ1) is 15.9. The standard InChI is InChI=1S/C19H22N4O2/c1-12-4-5-15-13(2)17(25-16(15)10-12)19(24)23-8-6-14(7-9-23)18-21-20-11-22(18)3/h4-5,10-11,14H,6-9H2,1-3H3. The Balaban J connectivity index is 1.53. The number of piperidine rings is 1. The van der Waals surface area contributed by atoms with Crippen molar-refractivity contribution in [1.29, 1.82) is 0 Å². The van der Waals surface area contributed by atoms with Crippen LogP contribution in [0.1, 0.15) is 46.3 Å². The van der Waals surface area contributed by atoms with Crippen LogP contribution >= 0.6 is 0 Å². The molecular formula is C19H22N4O2. The van der Waals surface area contributed by atoms with E-state index < -0.39 is 0 Å². The van der Waals surface area contributed by atoms with E-state index in [9.17, 15) is 4.79 Å². The number of rotatable bonds is 2. The van der Waals surface area contributed by atoms with Crippen LogP contribution in [0.3, 0.4) is 0 Å². The van der Waals surface area contributed by atoms with E-state index in [4.69, 9.17) is 4.42 Å². The molecule has 25 heavy (non-hydrogen) atoms. The molecule has 0 aliphatic carbocycles. The number of hydrogen-bond acceptors (Lipinski definition) is 4. The topological polar surface area (TPSA) is 64.2 Å². The lowest BCUT2D eigenvalue weighted by molar-refractivity contribution is 0.0679. The van der Waals surface area contributed by atoms with Crippen LogP contribution in [0.4, 0.5) is 0 Å². The van der Waals surface area contributed by atoms with E-state index in [1.54, 1.807) is 6.33 Å². The lowest BCUT2D eigenvalue weighted by Gasteiger charge is -2.31. The largest absolute Gasteiger partial charge is 0.451 e. The highest BCUT2D eigenvalue weighted by molar-refractivity contribution is 5.99. The number of likely N-dealkylation sites (tertiary alicyclic amines) is 1. The highest BCUT2D eigenvalue weighted by Crippen LogP contribution is 2.30. The zero-order chi connectivity index (χ0) is 17.6. The summed E-state index contributed by atoms with van der Waals surface area (Å²) in [5.74, 6) is 1.82. The molecule has 6 heteroatoms. The van der Waals surface area contributed by atoms with Crippen molar-refractivity contribution in [2.75, 3.05) is 13.1 Å². The van der Waals surface area contributed by atoms with Gasteiger partial charge in [0.15, 0.2) is 5.76 Å². The minimum atomic E-state index is -0.0113. The molecule has 3 aromatic rings. The Morgan fingerprint density at radius 3 is 2.68 bits per heavy atom. The van der Waals surface area contributed by atoms with Crippen LogP contribution in [0.15, 0.2) is 28.9 Å². The zero-order valence-corrected chi connectivity index (χ0v) is 14.8. The maximum Gasteiger partial charge on any atom is 0.289 e. The van der Waals surface area contributed by atoms with Crippen LogP contribution in [0.2, 0.25) is 0 Å². The Labute approximate surface area is 146 Å². The third kappa shape index (κ3) is 2.71. The molecule has 130 valence electrons. The predicted molar refractivity (Wildman–Crippen MR) is 94.6 cm³/mol. The van der Waals surface area contributed by atoms with Gasteiger partial charge in [-0.25, -0.2) is 0 Å². The summed E-state index contributed by atoms with van der Waals surface area (Å²) >= 11 is 0. The first-order valence-corrected chi connectivity index (χ1v) is 8.67. The molecular weight excluding hydrogens is 316 g/mol. The third-order valence-corrected chi connectivity index (χ3v) is 5.18. The van der Waals surface area contributed by atoms with E-state index >= 15 is 0 Å². The van der Waals surface area contributed by atoms with Crippen molar-refractivity contribution in [3.8, 4) is 0 Å². The minimum absolute atomic E-state index is 0.0113. The SMILES string of the molecule is Cc1ccc2c(C)c(C(=O)N3CCC(c4nncn4C)CC3)oc2c1. The molecule has 3 heterocycles. The van der Waals surface area contributed by atoms with Gasteiger partial charge in [0.25, 0.3) is 5.91 Å². The second-order valence-electron chi connectivity index (χ2n) is 6.92. The van der Waals surface area contributed by atoms with Gasteiger partial charge in [-0.2, -0.15) is 0 Å². The van der Waals surface area contributed by atoms with Crippen LogP contribution in [-0.4, -0.2) is 38.7 Å². The molecule has 1 amide bonds. The molecule has 0 atom stereocenters. The number of carbonyl (C=O) groups is 1. The number of nitrogens with zero attached hydrogens (tertiary/aromatic N) is 4. The summed E-state index contributed by atoms with van der Waals surface area (Å²) in [5, 5.41) is 9.19. The molecule has 1 aliphatic heterocycles. The van der Waals surface area contributed by atoms with E-state index in [2.05, 4.69) is 10.2 Å². The number of fused-ring (bicyclic) bond motifs is 1. The summed E-state index contributed by atoms with van der Waals surface area (Å²) in [6.45, 7) is 5.41. The molecule has 4 rings (SSSR count). The van der Waals surface area contributed by atoms with E-state index in [1.165, 1.54) is 0 Å². The van der Waals surface area contributed by atoms with Crippen LogP contribution in [0.5, 0.6) is 0 Å². The second-order valence-corrected chi connectivity index (χ2v) is 6.92. The summed E-state index contributed by atoms with van der Waals surface area (Å²) in [6.07, 6.45) is 3.53. The number of hydrogen-bond donors (Lipinski definition) is 0. The van der Waals surface area contributed by atoms with Crippen LogP contribution < -0.4 is 0 Å². The molecule has 0 N–H and O–H groups in total. The Kier molecular flexibility index (Phi) is 3.82. The van der Waals surface area contributed by atoms with Gasteiger partial charge < -0.3 is 13.9 Å². The lowest BCUT2D eigenvalue weighted by atomic mass is 9.95. The van der Waals surface area contributed by atoms with Gasteiger partial charge in [-0.15, -0.1) is 10.2 Å². The molecule has 0 saturated carbocycles. The van der Waals surface area contributed by atoms with Gasteiger partial charge in [0, 0.05) is 37.0 Å². The maximum absolute atomic E-state index is 12.9. The number of aryl methyl sites for hydroxylation is 3. The highest BCUT2D eigenvalue weighted by Gasteiger charge is 2.29. The smallest absolute Gasteiger partial charge is 0.289 e. The average Bonchev–Trinajstić information content (AvgIpc) is 3.18. The fourth-order valence-electron chi connectivity index (χ4n) is 3.68. The monoisotopic (exact) mass is 338 g/mol. The van der Waals surface area contributed by atoms with Crippen LogP contribution in [0, 0.1) is 13.8 Å². The molecule has 1 aromatic carbocycles. The number of aromatic nitrogens is 3. The normalized spacial score (nSPS) is 15.9. The van der Waals surface area contributed by atoms with Crippen LogP contribution in [0.25, 0.3) is 11.0 Å². The van der Waals surface area contributed by atoms with Crippen molar-refractivity contribution in [2.24, 2.45) is 7.05 Å². The predicted octanol–water partition coefficient (Wildman–Crippen LogP) is 3.20. The minimum Gasteiger partial charge on any atom is -0.451 e. The summed E-state index contributed by atoms with van der Waals surface area (Å²) in [5.41, 5.74) is 2.84. The van der Waals surface area contributed by atoms with Crippen molar-refractivity contribution in [2.45, 2.75) is 32.6 Å². The fraction of sp³-hybridized carbons (Fsp3) is 0.421. The van der Waals surface area contributed by atoms with E-state index in [0.717, 1.165) is 40.8 Å². The molecule has 0 unspecified atom stereocenters. The summed E-state index contributed by atoms with van der Waals surface area (Å²) < 4.78 is 7.86. The van der Waals surface area contributed by atoms with Gasteiger partial charge in [0.05, 0.1) is 0 Å². The van der Waals surface area contributed by atoms with E-state index in [1.807, 2.05) is 48.6 Å². The Bertz CT molecular complexity index is 932. The molecule has 0 spiro atoms. The zero-order valence-electron chi connectivity index (χ0n) is 14.8. The second kappa shape index (κ2) is 6.02. The summed E-state index contributed by atoms with van der Waals surface area (Å²) in [4.78, 5) is 14.8. The molecule has 6 nitrogen and oxygen atoms in total. The lowest BCUT2D eigenvalue weighted by Crippen LogP contribution is -2.38. The highest BCUT2D eigenvalue weighted by atomic mass is 16.3. The van der Waals surface area contributed by atoms with E-state index in [0.29, 0.717) is 24.8 Å². The number of furan rings is 1. The van der Waals surface area contributed by atoms with Crippen molar-refractivity contribution in [3.05, 3.63) is 47.2 Å². The van der Waals surface area contributed by atoms with Gasteiger partial charge in [0.1, 0.15) is 17.7 Å². The van der Waals surface area contributed by atoms with Crippen molar-refractivity contribution >= 4 is 16.9 Å². The number of benzene rings is 1. The van der Waals surface area contributed by atoms with Gasteiger partial charge in [-0.3, -0.25) is 4.79 Å². The maximum atomic E-state index is 12.9. The quantitative estimate of drug-likeness (QED) is 0.720. The number of amides is 1. The first-order valence-electron chi connectivity index (χ1n) is 8.67. The van der Waals surface area contributed by atoms with Gasteiger partial charge in [0.2, 0.25) is 0 Å². The van der Waals surface area contributed by atoms with Crippen molar-refractivity contribution < 1.29 is 9.21 Å². The molecule has 1 aliphatic rings. The van der Waals surface area contributed by atoms with E-state index in [-0.39, 0.29) is 5.91 Å². The van der Waals surface area contributed by atoms with Gasteiger partial charge in [-0.1, -0.05) is 12.1 Å². The molecule has 1 fully saturated rings. The Morgan fingerprint density at radius 1 is 1.24 bits per heavy atom. The van der Waals surface area contributed by atoms with Gasteiger partial charge >= 0.3 is 0 Å². The molecule has 0 bridgehead atoms. The average molecular weight is 338 g/mol. The van der Waals surface area contributed by atoms with Crippen molar-refractivity contribution in [3.63, 3.8) is 0 Å². The third-order valence-electron chi connectivity index (χ3n) is 5.18. The first-order chi connectivity index (χ1) is 12.0. The summed E-state index contributed by atoms with van der Waals surface area (Å²) in [7, 11) is 1.96. The Hall–Kier alpha value is -2.63. The Morgan fingerprint density at radius 2 is 2.00 bits per heavy atom. The van der Waals surface area contributed by atoms with Gasteiger partial charge in [-0.05, 0) is 38.3 Å².